The molecule has 0 fully saturated rings. The molecule has 0 aliphatic carbocycles. The Balaban J connectivity index is 4.37. The number of carbonyl (C=O) groups is 1. The smallest absolute Gasteiger partial charge is 0.472 e. The van der Waals surface area contributed by atoms with Crippen molar-refractivity contribution >= 4 is 13.8 Å². The molecule has 0 amide bonds. The molecule has 0 aromatic rings. The van der Waals surface area contributed by atoms with Gasteiger partial charge in [0.25, 0.3) is 0 Å². The first-order valence-electron chi connectivity index (χ1n) is 21.7. The summed E-state index contributed by atoms with van der Waals surface area (Å²) in [6.45, 7) is 4.75. The zero-order valence-electron chi connectivity index (χ0n) is 35.9. The van der Waals surface area contributed by atoms with Crippen molar-refractivity contribution < 1.29 is 37.3 Å². The fourth-order valence-corrected chi connectivity index (χ4v) is 6.18. The summed E-state index contributed by atoms with van der Waals surface area (Å²) >= 11 is 0. The standard InChI is InChI=1S/C46H82NO7P/c1-6-8-10-12-14-16-18-20-22-24-25-27-29-31-33-35-37-39-46(48)54-45(44-53-55(49,50)52-42-40-47(3,4)5)43-51-41-38-36-34-32-30-28-26-23-21-19-17-15-13-11-9-7-2/h8,10,14,16-17,19-20,22,25,27,38,41,45H,6-7,9,11-13,15,18,21,23-24,26,28-37,39-40,42-44H2,1-5H3/p+1/b10-8-,16-14-,19-17-,22-20-,27-25-,41-38-/t45-/m1/s1. The second-order valence-electron chi connectivity index (χ2n) is 15.4. The largest absolute Gasteiger partial charge is 0.498 e. The van der Waals surface area contributed by atoms with Crippen LogP contribution in [0.3, 0.4) is 0 Å². The van der Waals surface area contributed by atoms with Crippen LogP contribution in [-0.4, -0.2) is 69.0 Å². The first-order valence-corrected chi connectivity index (χ1v) is 23.2. The highest BCUT2D eigenvalue weighted by atomic mass is 31.2. The van der Waals surface area contributed by atoms with Gasteiger partial charge in [-0.3, -0.25) is 13.8 Å². The van der Waals surface area contributed by atoms with Crippen molar-refractivity contribution in [1.29, 1.82) is 0 Å². The number of phosphoric acid groups is 1. The van der Waals surface area contributed by atoms with E-state index in [1.807, 2.05) is 27.2 Å². The molecule has 0 aliphatic heterocycles. The third-order valence-corrected chi connectivity index (χ3v) is 9.80. The Bertz CT molecular complexity index is 1110. The molecular formula is C46H83NO7P+. The maximum absolute atomic E-state index is 12.7. The van der Waals surface area contributed by atoms with Crippen LogP contribution in [0.2, 0.25) is 0 Å². The number of hydrogen-bond acceptors (Lipinski definition) is 6. The normalized spacial score (nSPS) is 14.4. The van der Waals surface area contributed by atoms with Gasteiger partial charge >= 0.3 is 13.8 Å². The number of unbranched alkanes of at least 4 members (excludes halogenated alkanes) is 15. The first kappa shape index (κ1) is 52.8. The number of nitrogens with zero attached hydrogens (tertiary/aromatic N) is 1. The number of hydrogen-bond donors (Lipinski definition) is 1. The summed E-state index contributed by atoms with van der Waals surface area (Å²) in [6, 6.07) is 0. The van der Waals surface area contributed by atoms with Crippen molar-refractivity contribution in [3.05, 3.63) is 73.1 Å². The number of ether oxygens (including phenoxy) is 2. The Kier molecular flexibility index (Phi) is 37.1. The Morgan fingerprint density at radius 3 is 1.62 bits per heavy atom. The van der Waals surface area contributed by atoms with Crippen LogP contribution in [0, 0.1) is 0 Å². The SMILES string of the molecule is CC/C=C\C/C=C\C/C=C\C/C=C\CCCCCCC(=O)O[C@H](CO/C=C\CCCCCCCC/C=C\CCCCCC)COP(=O)(O)OCC[N+](C)(C)C. The first-order chi connectivity index (χ1) is 26.6. The van der Waals surface area contributed by atoms with E-state index < -0.39 is 13.9 Å². The zero-order chi connectivity index (χ0) is 40.6. The van der Waals surface area contributed by atoms with Gasteiger partial charge in [0.2, 0.25) is 0 Å². The molecule has 0 heterocycles. The van der Waals surface area contributed by atoms with Crippen molar-refractivity contribution in [3.63, 3.8) is 0 Å². The van der Waals surface area contributed by atoms with E-state index in [9.17, 15) is 14.3 Å². The monoisotopic (exact) mass is 793 g/mol. The summed E-state index contributed by atoms with van der Waals surface area (Å²) < 4.78 is 34.7. The van der Waals surface area contributed by atoms with Crippen LogP contribution in [0.4, 0.5) is 0 Å². The fraction of sp³-hybridized carbons (Fsp3) is 0.717. The molecule has 2 atom stereocenters. The van der Waals surface area contributed by atoms with E-state index >= 15 is 0 Å². The van der Waals surface area contributed by atoms with E-state index in [1.54, 1.807) is 6.26 Å². The topological polar surface area (TPSA) is 91.3 Å². The average molecular weight is 793 g/mol. The maximum Gasteiger partial charge on any atom is 0.472 e. The molecule has 0 spiro atoms. The summed E-state index contributed by atoms with van der Waals surface area (Å²) in [4.78, 5) is 22.9. The van der Waals surface area contributed by atoms with E-state index in [0.29, 0.717) is 11.0 Å². The van der Waals surface area contributed by atoms with Crippen LogP contribution in [0.1, 0.15) is 162 Å². The minimum Gasteiger partial charge on any atom is -0.498 e. The lowest BCUT2D eigenvalue weighted by Crippen LogP contribution is -2.37. The van der Waals surface area contributed by atoms with Crippen LogP contribution in [-0.2, 0) is 27.9 Å². The molecule has 55 heavy (non-hydrogen) atoms. The van der Waals surface area contributed by atoms with Crippen LogP contribution >= 0.6 is 7.82 Å². The van der Waals surface area contributed by atoms with E-state index in [2.05, 4.69) is 74.6 Å². The third-order valence-electron chi connectivity index (χ3n) is 8.82. The van der Waals surface area contributed by atoms with E-state index in [0.717, 1.165) is 70.6 Å². The Hall–Kier alpha value is -2.22. The van der Waals surface area contributed by atoms with Gasteiger partial charge in [-0.25, -0.2) is 4.57 Å². The summed E-state index contributed by atoms with van der Waals surface area (Å²) in [5.41, 5.74) is 0. The summed E-state index contributed by atoms with van der Waals surface area (Å²) in [6.07, 6.45) is 50.3. The number of carbonyl (C=O) groups excluding carboxylic acids is 1. The Labute approximate surface area is 338 Å². The molecule has 318 valence electrons. The number of esters is 1. The third kappa shape index (κ3) is 42.8. The van der Waals surface area contributed by atoms with Crippen LogP contribution in [0.15, 0.2) is 73.1 Å². The van der Waals surface area contributed by atoms with Gasteiger partial charge in [0, 0.05) is 6.42 Å². The van der Waals surface area contributed by atoms with Gasteiger partial charge in [0.15, 0.2) is 6.10 Å². The second kappa shape index (κ2) is 38.6. The van der Waals surface area contributed by atoms with Gasteiger partial charge in [-0.2, -0.15) is 0 Å². The molecule has 0 saturated heterocycles. The molecule has 0 radical (unpaired) electrons. The summed E-state index contributed by atoms with van der Waals surface area (Å²) in [5.74, 6) is -0.364. The van der Waals surface area contributed by atoms with Gasteiger partial charge in [-0.15, -0.1) is 0 Å². The number of likely N-dealkylation sites (N-methyl/N-ethyl adjacent to an activating group) is 1. The molecule has 8 nitrogen and oxygen atoms in total. The molecule has 1 unspecified atom stereocenters. The zero-order valence-corrected chi connectivity index (χ0v) is 36.8. The second-order valence-corrected chi connectivity index (χ2v) is 16.9. The maximum atomic E-state index is 12.7. The van der Waals surface area contributed by atoms with Crippen LogP contribution in [0.5, 0.6) is 0 Å². The van der Waals surface area contributed by atoms with Gasteiger partial charge in [0.05, 0.1) is 34.0 Å². The number of quaternary nitrogens is 1. The number of allylic oxidation sites excluding steroid dienone is 11. The van der Waals surface area contributed by atoms with Gasteiger partial charge < -0.3 is 18.9 Å². The summed E-state index contributed by atoms with van der Waals surface area (Å²) in [7, 11) is 1.60. The lowest BCUT2D eigenvalue weighted by molar-refractivity contribution is -0.870. The highest BCUT2D eigenvalue weighted by Gasteiger charge is 2.26. The Morgan fingerprint density at radius 2 is 1.07 bits per heavy atom. The van der Waals surface area contributed by atoms with E-state index in [1.165, 1.54) is 70.6 Å². The van der Waals surface area contributed by atoms with Gasteiger partial charge in [-0.05, 0) is 89.5 Å². The van der Waals surface area contributed by atoms with Crippen LogP contribution < -0.4 is 0 Å². The molecule has 0 aliphatic rings. The molecule has 0 saturated carbocycles. The highest BCUT2D eigenvalue weighted by Crippen LogP contribution is 2.43. The van der Waals surface area contributed by atoms with E-state index in [-0.39, 0.29) is 32.2 Å². The van der Waals surface area contributed by atoms with Gasteiger partial charge in [0.1, 0.15) is 19.8 Å². The Morgan fingerprint density at radius 1 is 0.600 bits per heavy atom. The van der Waals surface area contributed by atoms with Gasteiger partial charge in [-0.1, -0.05) is 132 Å². The lowest BCUT2D eigenvalue weighted by atomic mass is 10.1. The number of phosphoric ester groups is 1. The quantitative estimate of drug-likeness (QED) is 0.0165. The van der Waals surface area contributed by atoms with Crippen molar-refractivity contribution in [1.82, 2.24) is 0 Å². The van der Waals surface area contributed by atoms with E-state index in [4.69, 9.17) is 18.5 Å². The molecular weight excluding hydrogens is 709 g/mol. The molecule has 0 aromatic heterocycles. The molecule has 0 rings (SSSR count). The predicted octanol–water partition coefficient (Wildman–Crippen LogP) is 13.1. The van der Waals surface area contributed by atoms with Crippen molar-refractivity contribution in [3.8, 4) is 0 Å². The minimum atomic E-state index is -4.30. The highest BCUT2D eigenvalue weighted by molar-refractivity contribution is 7.47. The molecule has 9 heteroatoms. The minimum absolute atomic E-state index is 0.0309. The average Bonchev–Trinajstić information content (AvgIpc) is 3.13. The fourth-order valence-electron chi connectivity index (χ4n) is 5.44. The van der Waals surface area contributed by atoms with Crippen molar-refractivity contribution in [2.45, 2.75) is 168 Å². The number of rotatable bonds is 39. The molecule has 0 bridgehead atoms. The molecule has 0 aromatic carbocycles. The summed E-state index contributed by atoms with van der Waals surface area (Å²) in [5, 5.41) is 0. The predicted molar refractivity (Wildman–Crippen MR) is 233 cm³/mol. The van der Waals surface area contributed by atoms with Crippen molar-refractivity contribution in [2.75, 3.05) is 47.5 Å². The van der Waals surface area contributed by atoms with Crippen LogP contribution in [0.25, 0.3) is 0 Å². The lowest BCUT2D eigenvalue weighted by Gasteiger charge is -2.24. The molecule has 1 N–H and O–H groups in total. The van der Waals surface area contributed by atoms with Crippen molar-refractivity contribution in [2.24, 2.45) is 0 Å².